The number of carbonyl (C=O) groups is 1. The lowest BCUT2D eigenvalue weighted by Crippen LogP contribution is -2.18. The predicted octanol–water partition coefficient (Wildman–Crippen LogP) is 0.315. The van der Waals surface area contributed by atoms with E-state index in [1.807, 2.05) is 13.8 Å². The molecule has 68 valence electrons. The zero-order valence-electron chi connectivity index (χ0n) is 7.41. The fraction of sp³-hybridized carbons (Fsp3) is 0.750. The second-order valence-corrected chi connectivity index (χ2v) is 3.29. The van der Waals surface area contributed by atoms with E-state index in [0.717, 1.165) is 6.42 Å². The largest absolute Gasteiger partial charge is 0.409 e. The lowest BCUT2D eigenvalue weighted by Gasteiger charge is -2.05. The lowest BCUT2D eigenvalue weighted by molar-refractivity contribution is -0.135. The number of ether oxygens (including phenoxy) is 1. The first kappa shape index (κ1) is 9.19. The smallest absolute Gasteiger partial charge is 0.337 e. The van der Waals surface area contributed by atoms with Crippen LogP contribution in [0.25, 0.3) is 0 Å². The van der Waals surface area contributed by atoms with E-state index in [2.05, 4.69) is 4.99 Å². The molecular weight excluding hydrogens is 156 g/mol. The molecule has 0 aliphatic carbocycles. The van der Waals surface area contributed by atoms with Crippen molar-refractivity contribution in [3.8, 4) is 0 Å². The van der Waals surface area contributed by atoms with Crippen molar-refractivity contribution >= 4 is 11.9 Å². The van der Waals surface area contributed by atoms with Crippen molar-refractivity contribution in [2.24, 2.45) is 16.6 Å². The molecule has 1 aliphatic rings. The molecule has 0 radical (unpaired) electrons. The fourth-order valence-electron chi connectivity index (χ4n) is 1.13. The third-order valence-corrected chi connectivity index (χ3v) is 1.66. The van der Waals surface area contributed by atoms with Crippen LogP contribution in [-0.4, -0.2) is 24.5 Å². The molecule has 0 aromatic heterocycles. The molecule has 0 bridgehead atoms. The second kappa shape index (κ2) is 3.67. The zero-order valence-corrected chi connectivity index (χ0v) is 7.41. The Morgan fingerprint density at radius 1 is 1.67 bits per heavy atom. The molecule has 0 amide bonds. The molecule has 0 saturated heterocycles. The van der Waals surface area contributed by atoms with Crippen molar-refractivity contribution in [3.05, 3.63) is 0 Å². The molecule has 4 heteroatoms. The van der Waals surface area contributed by atoms with E-state index in [9.17, 15) is 4.79 Å². The van der Waals surface area contributed by atoms with Gasteiger partial charge in [-0.3, -0.25) is 0 Å². The molecule has 1 heterocycles. The summed E-state index contributed by atoms with van der Waals surface area (Å²) in [7, 11) is 0. The summed E-state index contributed by atoms with van der Waals surface area (Å²) in [5.74, 6) is 0.554. The van der Waals surface area contributed by atoms with Gasteiger partial charge in [-0.15, -0.1) is 0 Å². The van der Waals surface area contributed by atoms with Gasteiger partial charge in [-0.1, -0.05) is 13.8 Å². The molecule has 0 aromatic rings. The minimum Gasteiger partial charge on any atom is -0.409 e. The zero-order chi connectivity index (χ0) is 9.14. The van der Waals surface area contributed by atoms with Gasteiger partial charge in [0.2, 0.25) is 5.90 Å². The topological polar surface area (TPSA) is 64.7 Å². The Morgan fingerprint density at radius 2 is 2.33 bits per heavy atom. The highest BCUT2D eigenvalue weighted by atomic mass is 16.6. The van der Waals surface area contributed by atoms with Crippen LogP contribution in [0.1, 0.15) is 20.3 Å². The molecule has 0 spiro atoms. The Labute approximate surface area is 71.8 Å². The first-order chi connectivity index (χ1) is 5.63. The summed E-state index contributed by atoms with van der Waals surface area (Å²) in [5.41, 5.74) is 5.28. The Morgan fingerprint density at radius 3 is 2.75 bits per heavy atom. The predicted molar refractivity (Wildman–Crippen MR) is 45.8 cm³/mol. The quantitative estimate of drug-likeness (QED) is 0.620. The van der Waals surface area contributed by atoms with Crippen molar-refractivity contribution in [1.29, 1.82) is 0 Å². The minimum absolute atomic E-state index is 0.209. The SMILES string of the molecule is CC(C)CC1N=C(CN)OC1=O. The van der Waals surface area contributed by atoms with Gasteiger partial charge in [0.25, 0.3) is 0 Å². The third-order valence-electron chi connectivity index (χ3n) is 1.66. The van der Waals surface area contributed by atoms with Gasteiger partial charge in [0.05, 0.1) is 6.54 Å². The van der Waals surface area contributed by atoms with Crippen LogP contribution in [0.4, 0.5) is 0 Å². The summed E-state index contributed by atoms with van der Waals surface area (Å²) < 4.78 is 4.81. The molecule has 0 saturated carbocycles. The van der Waals surface area contributed by atoms with E-state index in [0.29, 0.717) is 11.8 Å². The molecule has 12 heavy (non-hydrogen) atoms. The number of nitrogens with two attached hydrogens (primary N) is 1. The summed E-state index contributed by atoms with van der Waals surface area (Å²) in [6, 6.07) is -0.316. The van der Waals surface area contributed by atoms with Gasteiger partial charge in [-0.25, -0.2) is 9.79 Å². The highest BCUT2D eigenvalue weighted by Gasteiger charge is 2.28. The number of carbonyl (C=O) groups excluding carboxylic acids is 1. The van der Waals surface area contributed by atoms with Gasteiger partial charge in [0.1, 0.15) is 0 Å². The number of hydrogen-bond acceptors (Lipinski definition) is 4. The standard InChI is InChI=1S/C8H14N2O2/c1-5(2)3-6-8(11)12-7(4-9)10-6/h5-6H,3-4,9H2,1-2H3. The van der Waals surface area contributed by atoms with Crippen LogP contribution < -0.4 is 5.73 Å². The molecule has 1 unspecified atom stereocenters. The maximum Gasteiger partial charge on any atom is 0.337 e. The maximum absolute atomic E-state index is 11.1. The van der Waals surface area contributed by atoms with Crippen molar-refractivity contribution in [1.82, 2.24) is 0 Å². The number of rotatable bonds is 3. The fourth-order valence-corrected chi connectivity index (χ4v) is 1.13. The average molecular weight is 170 g/mol. The molecule has 1 atom stereocenters. The molecular formula is C8H14N2O2. The van der Waals surface area contributed by atoms with E-state index < -0.39 is 0 Å². The Bertz CT molecular complexity index is 211. The van der Waals surface area contributed by atoms with Crippen molar-refractivity contribution in [3.63, 3.8) is 0 Å². The Balaban J connectivity index is 2.54. The molecule has 0 fully saturated rings. The van der Waals surface area contributed by atoms with Crippen LogP contribution in [0.2, 0.25) is 0 Å². The summed E-state index contributed by atoms with van der Waals surface area (Å²) in [4.78, 5) is 15.1. The van der Waals surface area contributed by atoms with Gasteiger partial charge in [0.15, 0.2) is 6.04 Å². The monoisotopic (exact) mass is 170 g/mol. The van der Waals surface area contributed by atoms with Gasteiger partial charge in [-0.05, 0) is 12.3 Å². The number of hydrogen-bond donors (Lipinski definition) is 1. The molecule has 0 aromatic carbocycles. The van der Waals surface area contributed by atoms with Crippen molar-refractivity contribution < 1.29 is 9.53 Å². The summed E-state index contributed by atoms with van der Waals surface area (Å²) in [5, 5.41) is 0. The molecule has 1 aliphatic heterocycles. The van der Waals surface area contributed by atoms with Crippen LogP contribution in [-0.2, 0) is 9.53 Å². The van der Waals surface area contributed by atoms with Gasteiger partial charge in [0, 0.05) is 0 Å². The van der Waals surface area contributed by atoms with E-state index in [1.54, 1.807) is 0 Å². The normalized spacial score (nSPS) is 22.8. The summed E-state index contributed by atoms with van der Waals surface area (Å²) in [6.07, 6.45) is 0.738. The van der Waals surface area contributed by atoms with Gasteiger partial charge < -0.3 is 10.5 Å². The second-order valence-electron chi connectivity index (χ2n) is 3.29. The van der Waals surface area contributed by atoms with Crippen LogP contribution in [0, 0.1) is 5.92 Å². The number of nitrogens with zero attached hydrogens (tertiary/aromatic N) is 1. The highest BCUT2D eigenvalue weighted by Crippen LogP contribution is 2.14. The number of cyclic esters (lactones) is 1. The maximum atomic E-state index is 11.1. The number of esters is 1. The molecule has 1 rings (SSSR count). The van der Waals surface area contributed by atoms with E-state index in [-0.39, 0.29) is 18.6 Å². The highest BCUT2D eigenvalue weighted by molar-refractivity contribution is 5.97. The van der Waals surface area contributed by atoms with Crippen LogP contribution in [0.5, 0.6) is 0 Å². The van der Waals surface area contributed by atoms with Crippen molar-refractivity contribution in [2.75, 3.05) is 6.54 Å². The van der Waals surface area contributed by atoms with Crippen LogP contribution in [0.3, 0.4) is 0 Å². The van der Waals surface area contributed by atoms with Gasteiger partial charge >= 0.3 is 5.97 Å². The van der Waals surface area contributed by atoms with Crippen molar-refractivity contribution in [2.45, 2.75) is 26.3 Å². The summed E-state index contributed by atoms with van der Waals surface area (Å²) in [6.45, 7) is 4.30. The van der Waals surface area contributed by atoms with E-state index in [1.165, 1.54) is 0 Å². The van der Waals surface area contributed by atoms with Gasteiger partial charge in [-0.2, -0.15) is 0 Å². The average Bonchev–Trinajstić information content (AvgIpc) is 2.31. The first-order valence-electron chi connectivity index (χ1n) is 4.12. The number of aliphatic imine (C=N–C) groups is 1. The Kier molecular flexibility index (Phi) is 2.81. The first-order valence-corrected chi connectivity index (χ1v) is 4.12. The molecule has 4 nitrogen and oxygen atoms in total. The lowest BCUT2D eigenvalue weighted by atomic mass is 10.1. The molecule has 2 N–H and O–H groups in total. The van der Waals surface area contributed by atoms with E-state index >= 15 is 0 Å². The third kappa shape index (κ3) is 2.04. The summed E-state index contributed by atoms with van der Waals surface area (Å²) >= 11 is 0. The van der Waals surface area contributed by atoms with E-state index in [4.69, 9.17) is 10.5 Å². The van der Waals surface area contributed by atoms with Crippen LogP contribution in [0.15, 0.2) is 4.99 Å². The van der Waals surface area contributed by atoms with Crippen LogP contribution >= 0.6 is 0 Å². The Hall–Kier alpha value is -0.900. The minimum atomic E-state index is -0.316.